The summed E-state index contributed by atoms with van der Waals surface area (Å²) >= 11 is 0. The lowest BCUT2D eigenvalue weighted by atomic mass is 10.2. The Balaban J connectivity index is 2.23. The minimum atomic E-state index is -1.14. The first-order valence-electron chi connectivity index (χ1n) is 5.32. The fraction of sp³-hybridized carbons (Fsp3) is 0.0714. The predicted octanol–water partition coefficient (Wildman–Crippen LogP) is 3.36. The van der Waals surface area contributed by atoms with Gasteiger partial charge in [0.05, 0.1) is 5.56 Å². The van der Waals surface area contributed by atoms with Gasteiger partial charge >= 0.3 is 0 Å². The molecule has 18 heavy (non-hydrogen) atoms. The van der Waals surface area contributed by atoms with Crippen molar-refractivity contribution >= 4 is 6.29 Å². The molecule has 2 aromatic rings. The van der Waals surface area contributed by atoms with E-state index in [0.29, 0.717) is 6.29 Å². The zero-order chi connectivity index (χ0) is 13.0. The molecule has 0 unspecified atom stereocenters. The van der Waals surface area contributed by atoms with E-state index >= 15 is 0 Å². The fourth-order valence-corrected chi connectivity index (χ4v) is 1.52. The number of aldehydes is 1. The number of carbonyl (C=O) groups is 1. The molecule has 0 N–H and O–H groups in total. The number of hydrogen-bond acceptors (Lipinski definition) is 2. The molecule has 0 amide bonds. The molecule has 0 aliphatic heterocycles. The van der Waals surface area contributed by atoms with Crippen LogP contribution in [0.15, 0.2) is 42.5 Å². The topological polar surface area (TPSA) is 26.3 Å². The molecule has 0 bridgehead atoms. The standard InChI is InChI=1S/C14H10F2O2/c15-12-7-6-11(8-17)14(13(12)16)18-9-10-4-2-1-3-5-10/h1-8H,9H2. The van der Waals surface area contributed by atoms with E-state index in [4.69, 9.17) is 4.74 Å². The normalized spacial score (nSPS) is 10.1. The van der Waals surface area contributed by atoms with Crippen molar-refractivity contribution in [3.05, 3.63) is 65.2 Å². The number of ether oxygens (including phenoxy) is 1. The van der Waals surface area contributed by atoms with E-state index < -0.39 is 11.6 Å². The van der Waals surface area contributed by atoms with Crippen LogP contribution in [0, 0.1) is 11.6 Å². The van der Waals surface area contributed by atoms with Crippen LogP contribution in [0.4, 0.5) is 8.78 Å². The van der Waals surface area contributed by atoms with Crippen LogP contribution in [0.1, 0.15) is 15.9 Å². The summed E-state index contributed by atoms with van der Waals surface area (Å²) < 4.78 is 31.7. The third-order valence-electron chi connectivity index (χ3n) is 2.43. The third-order valence-corrected chi connectivity index (χ3v) is 2.43. The quantitative estimate of drug-likeness (QED) is 0.775. The molecule has 92 valence electrons. The zero-order valence-corrected chi connectivity index (χ0v) is 9.40. The third kappa shape index (κ3) is 2.53. The molecule has 2 aromatic carbocycles. The average Bonchev–Trinajstić information content (AvgIpc) is 2.41. The molecule has 2 nitrogen and oxygen atoms in total. The van der Waals surface area contributed by atoms with Gasteiger partial charge in [-0.25, -0.2) is 4.39 Å². The van der Waals surface area contributed by atoms with Crippen molar-refractivity contribution in [2.45, 2.75) is 6.61 Å². The minimum absolute atomic E-state index is 0.00942. The Bertz CT molecular complexity index is 553. The van der Waals surface area contributed by atoms with Gasteiger partial charge < -0.3 is 4.74 Å². The average molecular weight is 248 g/mol. The van der Waals surface area contributed by atoms with Gasteiger partial charge in [-0.1, -0.05) is 30.3 Å². The highest BCUT2D eigenvalue weighted by Crippen LogP contribution is 2.24. The second kappa shape index (κ2) is 5.40. The largest absolute Gasteiger partial charge is 0.485 e. The summed E-state index contributed by atoms with van der Waals surface area (Å²) in [6.07, 6.45) is 0.433. The van der Waals surface area contributed by atoms with Gasteiger partial charge in [0.15, 0.2) is 17.9 Å². The van der Waals surface area contributed by atoms with E-state index in [1.807, 2.05) is 6.07 Å². The Morgan fingerprint density at radius 2 is 1.78 bits per heavy atom. The molecule has 0 spiro atoms. The Kier molecular flexibility index (Phi) is 3.67. The minimum Gasteiger partial charge on any atom is -0.485 e. The van der Waals surface area contributed by atoms with Gasteiger partial charge in [0.2, 0.25) is 5.82 Å². The van der Waals surface area contributed by atoms with Crippen molar-refractivity contribution in [2.75, 3.05) is 0 Å². The van der Waals surface area contributed by atoms with Gasteiger partial charge in [-0.2, -0.15) is 4.39 Å². The van der Waals surface area contributed by atoms with Gasteiger partial charge in [0.1, 0.15) is 6.61 Å². The predicted molar refractivity (Wildman–Crippen MR) is 62.5 cm³/mol. The zero-order valence-electron chi connectivity index (χ0n) is 9.40. The van der Waals surface area contributed by atoms with E-state index in [0.717, 1.165) is 11.6 Å². The molecule has 0 fully saturated rings. The molecule has 0 radical (unpaired) electrons. The van der Waals surface area contributed by atoms with Crippen LogP contribution in [0.5, 0.6) is 5.75 Å². The number of rotatable bonds is 4. The Morgan fingerprint density at radius 1 is 1.06 bits per heavy atom. The molecule has 0 aromatic heterocycles. The lowest BCUT2D eigenvalue weighted by Crippen LogP contribution is -2.02. The van der Waals surface area contributed by atoms with E-state index in [9.17, 15) is 13.6 Å². The summed E-state index contributed by atoms with van der Waals surface area (Å²) in [4.78, 5) is 10.7. The highest BCUT2D eigenvalue weighted by molar-refractivity contribution is 5.79. The molecular formula is C14H10F2O2. The lowest BCUT2D eigenvalue weighted by molar-refractivity contribution is 0.111. The smallest absolute Gasteiger partial charge is 0.201 e. The highest BCUT2D eigenvalue weighted by Gasteiger charge is 2.14. The molecule has 0 aliphatic rings. The number of benzene rings is 2. The van der Waals surface area contributed by atoms with Gasteiger partial charge in [-0.3, -0.25) is 4.79 Å². The first kappa shape index (κ1) is 12.2. The molecule has 0 saturated heterocycles. The summed E-state index contributed by atoms with van der Waals surface area (Å²) in [6.45, 7) is 0.0715. The Hall–Kier alpha value is -2.23. The molecule has 0 saturated carbocycles. The fourth-order valence-electron chi connectivity index (χ4n) is 1.52. The molecule has 0 heterocycles. The lowest BCUT2D eigenvalue weighted by Gasteiger charge is -2.09. The first-order valence-corrected chi connectivity index (χ1v) is 5.32. The van der Waals surface area contributed by atoms with E-state index in [-0.39, 0.29) is 17.9 Å². The van der Waals surface area contributed by atoms with Crippen molar-refractivity contribution < 1.29 is 18.3 Å². The first-order chi connectivity index (χ1) is 8.72. The van der Waals surface area contributed by atoms with Gasteiger partial charge in [0.25, 0.3) is 0 Å². The van der Waals surface area contributed by atoms with Crippen LogP contribution in [-0.4, -0.2) is 6.29 Å². The second-order valence-corrected chi connectivity index (χ2v) is 3.67. The number of hydrogen-bond donors (Lipinski definition) is 0. The number of carbonyl (C=O) groups excluding carboxylic acids is 1. The van der Waals surface area contributed by atoms with Gasteiger partial charge in [-0.05, 0) is 17.7 Å². The Labute approximate surface area is 103 Å². The monoisotopic (exact) mass is 248 g/mol. The maximum absolute atomic E-state index is 13.5. The molecular weight excluding hydrogens is 238 g/mol. The molecule has 2 rings (SSSR count). The van der Waals surface area contributed by atoms with Crippen LogP contribution < -0.4 is 4.74 Å². The maximum Gasteiger partial charge on any atom is 0.201 e. The molecule has 4 heteroatoms. The van der Waals surface area contributed by atoms with E-state index in [1.54, 1.807) is 24.3 Å². The van der Waals surface area contributed by atoms with Crippen LogP contribution in [0.2, 0.25) is 0 Å². The van der Waals surface area contributed by atoms with Crippen molar-refractivity contribution in [1.29, 1.82) is 0 Å². The van der Waals surface area contributed by atoms with E-state index in [1.165, 1.54) is 6.07 Å². The summed E-state index contributed by atoms with van der Waals surface area (Å²) in [5.74, 6) is -2.53. The van der Waals surface area contributed by atoms with Gasteiger partial charge in [0, 0.05) is 0 Å². The second-order valence-electron chi connectivity index (χ2n) is 3.67. The van der Waals surface area contributed by atoms with Crippen LogP contribution in [0.3, 0.4) is 0 Å². The van der Waals surface area contributed by atoms with Crippen molar-refractivity contribution in [3.63, 3.8) is 0 Å². The highest BCUT2D eigenvalue weighted by atomic mass is 19.2. The summed E-state index contributed by atoms with van der Waals surface area (Å²) in [5, 5.41) is 0. The summed E-state index contributed by atoms with van der Waals surface area (Å²) in [6, 6.07) is 11.1. The van der Waals surface area contributed by atoms with Crippen LogP contribution in [0.25, 0.3) is 0 Å². The van der Waals surface area contributed by atoms with Gasteiger partial charge in [-0.15, -0.1) is 0 Å². The molecule has 0 aliphatic carbocycles. The van der Waals surface area contributed by atoms with Crippen molar-refractivity contribution in [1.82, 2.24) is 0 Å². The van der Waals surface area contributed by atoms with Crippen molar-refractivity contribution in [2.24, 2.45) is 0 Å². The SMILES string of the molecule is O=Cc1ccc(F)c(F)c1OCc1ccccc1. The summed E-state index contributed by atoms with van der Waals surface area (Å²) in [5.41, 5.74) is 0.794. The maximum atomic E-state index is 13.5. The number of halogens is 2. The Morgan fingerprint density at radius 3 is 2.44 bits per heavy atom. The van der Waals surface area contributed by atoms with Crippen molar-refractivity contribution in [3.8, 4) is 5.75 Å². The van der Waals surface area contributed by atoms with Crippen LogP contribution >= 0.6 is 0 Å². The van der Waals surface area contributed by atoms with E-state index in [2.05, 4.69) is 0 Å². The molecule has 0 atom stereocenters. The van der Waals surface area contributed by atoms with Crippen LogP contribution in [-0.2, 0) is 6.61 Å². The summed E-state index contributed by atoms with van der Waals surface area (Å²) in [7, 11) is 0.